The number of halogens is 2. The number of aliphatic hydroxyl groups is 1. The molecule has 2 aromatic rings. The van der Waals surface area contributed by atoms with E-state index in [0.29, 0.717) is 11.1 Å². The number of rotatable bonds is 4. The van der Waals surface area contributed by atoms with Gasteiger partial charge in [0.2, 0.25) is 0 Å². The molecule has 132 valence electrons. The summed E-state index contributed by atoms with van der Waals surface area (Å²) in [6.07, 6.45) is 1.48. The maximum Gasteiger partial charge on any atom is 0.295 e. The van der Waals surface area contributed by atoms with Crippen molar-refractivity contribution in [3.8, 4) is 0 Å². The van der Waals surface area contributed by atoms with Gasteiger partial charge in [-0.25, -0.2) is 4.39 Å². The van der Waals surface area contributed by atoms with Gasteiger partial charge in [-0.2, -0.15) is 0 Å². The highest BCUT2D eigenvalue weighted by Gasteiger charge is 2.45. The number of hydrogen-bond donors (Lipinski definition) is 1. The monoisotopic (exact) mass is 415 g/mol. The molecule has 3 rings (SSSR count). The van der Waals surface area contributed by atoms with Crippen molar-refractivity contribution in [3.63, 3.8) is 0 Å². The number of carbonyl (C=O) groups is 2. The van der Waals surface area contributed by atoms with E-state index < -0.39 is 23.5 Å². The Morgan fingerprint density at radius 1 is 1.23 bits per heavy atom. The van der Waals surface area contributed by atoms with Crippen LogP contribution < -0.4 is 0 Å². The average Bonchev–Trinajstić information content (AvgIpc) is 2.87. The lowest BCUT2D eigenvalue weighted by Crippen LogP contribution is -2.29. The lowest BCUT2D eigenvalue weighted by atomic mass is 9.95. The zero-order chi connectivity index (χ0) is 18.8. The summed E-state index contributed by atoms with van der Waals surface area (Å²) in [5.41, 5.74) is 0.737. The van der Waals surface area contributed by atoms with Gasteiger partial charge < -0.3 is 10.0 Å². The molecule has 1 amide bonds. The summed E-state index contributed by atoms with van der Waals surface area (Å²) in [5, 5.41) is 10.7. The molecule has 1 aliphatic rings. The summed E-state index contributed by atoms with van der Waals surface area (Å²) >= 11 is 3.31. The van der Waals surface area contributed by atoms with Crippen LogP contribution in [-0.4, -0.2) is 28.2 Å². The van der Waals surface area contributed by atoms with Crippen molar-refractivity contribution in [2.24, 2.45) is 0 Å². The van der Waals surface area contributed by atoms with Crippen LogP contribution in [-0.2, 0) is 9.59 Å². The molecule has 1 fully saturated rings. The minimum Gasteiger partial charge on any atom is -0.507 e. The van der Waals surface area contributed by atoms with E-state index in [1.54, 1.807) is 30.3 Å². The molecule has 1 heterocycles. The first-order chi connectivity index (χ1) is 12.4. The molecule has 0 aromatic heterocycles. The van der Waals surface area contributed by atoms with Crippen LogP contribution in [0.1, 0.15) is 17.2 Å². The highest BCUT2D eigenvalue weighted by molar-refractivity contribution is 9.10. The summed E-state index contributed by atoms with van der Waals surface area (Å²) in [7, 11) is 0. The van der Waals surface area contributed by atoms with Crippen molar-refractivity contribution >= 4 is 33.4 Å². The van der Waals surface area contributed by atoms with Gasteiger partial charge in [-0.05, 0) is 29.8 Å². The van der Waals surface area contributed by atoms with E-state index in [9.17, 15) is 19.1 Å². The van der Waals surface area contributed by atoms with E-state index in [2.05, 4.69) is 22.5 Å². The Labute approximate surface area is 158 Å². The van der Waals surface area contributed by atoms with E-state index in [1.807, 2.05) is 0 Å². The first-order valence-electron chi connectivity index (χ1n) is 7.84. The second-order valence-electron chi connectivity index (χ2n) is 5.80. The molecule has 26 heavy (non-hydrogen) atoms. The second kappa shape index (κ2) is 7.25. The van der Waals surface area contributed by atoms with Crippen LogP contribution in [0.2, 0.25) is 0 Å². The van der Waals surface area contributed by atoms with Gasteiger partial charge in [0.25, 0.3) is 11.7 Å². The third-order valence-electron chi connectivity index (χ3n) is 4.15. The highest BCUT2D eigenvalue weighted by atomic mass is 79.9. The number of hydrogen-bond acceptors (Lipinski definition) is 3. The largest absolute Gasteiger partial charge is 0.507 e. The molecule has 6 heteroatoms. The normalized spacial score (nSPS) is 19.0. The molecule has 0 bridgehead atoms. The number of likely N-dealkylation sites (tertiary alicyclic amines) is 1. The van der Waals surface area contributed by atoms with E-state index in [0.717, 1.165) is 4.47 Å². The summed E-state index contributed by atoms with van der Waals surface area (Å²) < 4.78 is 14.5. The van der Waals surface area contributed by atoms with Crippen molar-refractivity contribution in [2.45, 2.75) is 6.04 Å². The van der Waals surface area contributed by atoms with E-state index in [1.165, 1.54) is 29.2 Å². The number of ketones is 1. The molecule has 0 spiro atoms. The number of benzene rings is 2. The number of carbonyl (C=O) groups excluding carboxylic acids is 2. The van der Waals surface area contributed by atoms with Crippen LogP contribution in [0.25, 0.3) is 5.76 Å². The molecule has 0 saturated carbocycles. The predicted molar refractivity (Wildman–Crippen MR) is 99.7 cm³/mol. The van der Waals surface area contributed by atoms with Gasteiger partial charge >= 0.3 is 0 Å². The molecule has 1 unspecified atom stereocenters. The molecule has 1 atom stereocenters. The Bertz CT molecular complexity index is 921. The van der Waals surface area contributed by atoms with E-state index >= 15 is 0 Å². The van der Waals surface area contributed by atoms with Gasteiger partial charge in [0.15, 0.2) is 0 Å². The minimum absolute atomic E-state index is 0.0650. The Kier molecular flexibility index (Phi) is 5.04. The Hall–Kier alpha value is -2.73. The van der Waals surface area contributed by atoms with Gasteiger partial charge in [-0.15, -0.1) is 6.58 Å². The van der Waals surface area contributed by atoms with Crippen molar-refractivity contribution < 1.29 is 19.1 Å². The molecule has 1 aliphatic heterocycles. The van der Waals surface area contributed by atoms with Gasteiger partial charge in [-0.3, -0.25) is 9.59 Å². The van der Waals surface area contributed by atoms with Crippen LogP contribution in [0.4, 0.5) is 4.39 Å². The van der Waals surface area contributed by atoms with Crippen molar-refractivity contribution in [1.82, 2.24) is 4.90 Å². The SMILES string of the molecule is C=CCN1C(=O)C(=O)/C(=C(\O)c2ccc(Br)cc2)C1c1cccc(F)c1. The molecule has 0 aliphatic carbocycles. The summed E-state index contributed by atoms with van der Waals surface area (Å²) in [5.74, 6) is -2.34. The fraction of sp³-hybridized carbons (Fsp3) is 0.100. The smallest absolute Gasteiger partial charge is 0.295 e. The molecule has 2 aromatic carbocycles. The van der Waals surface area contributed by atoms with Crippen LogP contribution in [0, 0.1) is 5.82 Å². The number of Topliss-reactive ketones (excluding diaryl/α,β-unsaturated/α-hetero) is 1. The molecular formula is C20H15BrFNO3. The molecule has 0 radical (unpaired) electrons. The van der Waals surface area contributed by atoms with Crippen molar-refractivity contribution in [2.75, 3.05) is 6.54 Å². The maximum atomic E-state index is 13.7. The van der Waals surface area contributed by atoms with Gasteiger partial charge in [0.05, 0.1) is 11.6 Å². The summed E-state index contributed by atoms with van der Waals surface area (Å²) in [6.45, 7) is 3.70. The lowest BCUT2D eigenvalue weighted by molar-refractivity contribution is -0.139. The standard InChI is InChI=1S/C20H15BrFNO3/c1-2-10-23-17(13-4-3-5-15(22)11-13)16(19(25)20(23)26)18(24)12-6-8-14(21)9-7-12/h2-9,11,17,24H,1,10H2/b18-16-. The topological polar surface area (TPSA) is 57.6 Å². The fourth-order valence-electron chi connectivity index (χ4n) is 2.99. The first kappa shape index (κ1) is 18.1. The molecule has 1 saturated heterocycles. The zero-order valence-corrected chi connectivity index (χ0v) is 15.2. The number of aliphatic hydroxyl groups excluding tert-OH is 1. The van der Waals surface area contributed by atoms with Crippen LogP contribution in [0.15, 0.2) is 71.2 Å². The quantitative estimate of drug-likeness (QED) is 0.352. The zero-order valence-electron chi connectivity index (χ0n) is 13.7. The third-order valence-corrected chi connectivity index (χ3v) is 4.68. The Morgan fingerprint density at radius 2 is 1.92 bits per heavy atom. The van der Waals surface area contributed by atoms with E-state index in [-0.39, 0.29) is 17.9 Å². The second-order valence-corrected chi connectivity index (χ2v) is 6.72. The maximum absolute atomic E-state index is 13.7. The van der Waals surface area contributed by atoms with Crippen LogP contribution in [0.3, 0.4) is 0 Å². The summed E-state index contributed by atoms with van der Waals surface area (Å²) in [4.78, 5) is 26.3. The highest BCUT2D eigenvalue weighted by Crippen LogP contribution is 2.39. The minimum atomic E-state index is -0.882. The first-order valence-corrected chi connectivity index (χ1v) is 8.64. The Balaban J connectivity index is 2.21. The van der Waals surface area contributed by atoms with Crippen molar-refractivity contribution in [3.05, 3.63) is 88.2 Å². The number of nitrogens with zero attached hydrogens (tertiary/aromatic N) is 1. The van der Waals surface area contributed by atoms with Gasteiger partial charge in [0, 0.05) is 16.6 Å². The van der Waals surface area contributed by atoms with E-state index in [4.69, 9.17) is 0 Å². The summed E-state index contributed by atoms with van der Waals surface area (Å²) in [6, 6.07) is 11.4. The van der Waals surface area contributed by atoms with Crippen LogP contribution in [0.5, 0.6) is 0 Å². The predicted octanol–water partition coefficient (Wildman–Crippen LogP) is 4.20. The fourth-order valence-corrected chi connectivity index (χ4v) is 3.26. The van der Waals surface area contributed by atoms with Crippen LogP contribution >= 0.6 is 15.9 Å². The lowest BCUT2D eigenvalue weighted by Gasteiger charge is -2.24. The average molecular weight is 416 g/mol. The van der Waals surface area contributed by atoms with Gasteiger partial charge in [0.1, 0.15) is 11.6 Å². The number of amides is 1. The molecular weight excluding hydrogens is 401 g/mol. The molecule has 1 N–H and O–H groups in total. The third kappa shape index (κ3) is 3.20. The van der Waals surface area contributed by atoms with Crippen molar-refractivity contribution in [1.29, 1.82) is 0 Å². The molecule has 4 nitrogen and oxygen atoms in total. The van der Waals surface area contributed by atoms with Gasteiger partial charge in [-0.1, -0.05) is 46.3 Å². The Morgan fingerprint density at radius 3 is 2.54 bits per heavy atom.